The van der Waals surface area contributed by atoms with E-state index in [1.165, 1.54) is 6.20 Å². The predicted molar refractivity (Wildman–Crippen MR) is 97.9 cm³/mol. The van der Waals surface area contributed by atoms with E-state index in [1.54, 1.807) is 24.4 Å². The van der Waals surface area contributed by atoms with Crippen molar-refractivity contribution in [3.63, 3.8) is 0 Å². The fourth-order valence-electron chi connectivity index (χ4n) is 3.15. The van der Waals surface area contributed by atoms with Gasteiger partial charge in [-0.15, -0.1) is 0 Å². The van der Waals surface area contributed by atoms with Crippen molar-refractivity contribution in [2.45, 2.75) is 31.7 Å². The van der Waals surface area contributed by atoms with Crippen LogP contribution in [0.4, 0.5) is 5.82 Å². The van der Waals surface area contributed by atoms with E-state index >= 15 is 0 Å². The summed E-state index contributed by atoms with van der Waals surface area (Å²) >= 11 is 5.81. The first kappa shape index (κ1) is 17.6. The van der Waals surface area contributed by atoms with Crippen LogP contribution in [0.1, 0.15) is 31.2 Å². The van der Waals surface area contributed by atoms with Crippen LogP contribution in [0.2, 0.25) is 5.02 Å². The first-order valence-electron chi connectivity index (χ1n) is 8.38. The molecule has 1 fully saturated rings. The third-order valence-electron chi connectivity index (χ3n) is 4.64. The van der Waals surface area contributed by atoms with Crippen LogP contribution in [0, 0.1) is 0 Å². The van der Waals surface area contributed by atoms with Crippen molar-refractivity contribution >= 4 is 23.3 Å². The third kappa shape index (κ3) is 4.46. The van der Waals surface area contributed by atoms with Gasteiger partial charge in [-0.25, -0.2) is 4.98 Å². The first-order chi connectivity index (χ1) is 12.0. The second-order valence-electron chi connectivity index (χ2n) is 6.35. The van der Waals surface area contributed by atoms with Crippen molar-refractivity contribution in [2.75, 3.05) is 18.4 Å². The Kier molecular flexibility index (Phi) is 5.50. The second kappa shape index (κ2) is 7.80. The molecule has 132 valence electrons. The number of rotatable bonds is 4. The van der Waals surface area contributed by atoms with Gasteiger partial charge in [-0.2, -0.15) is 0 Å². The lowest BCUT2D eigenvalue weighted by atomic mass is 9.91. The van der Waals surface area contributed by atoms with E-state index in [0.717, 1.165) is 31.5 Å². The largest absolute Gasteiger partial charge is 0.329 e. The Morgan fingerprint density at radius 3 is 2.92 bits per heavy atom. The Labute approximate surface area is 151 Å². The van der Waals surface area contributed by atoms with Crippen LogP contribution in [0.5, 0.6) is 0 Å². The predicted octanol–water partition coefficient (Wildman–Crippen LogP) is 2.63. The molecule has 1 aliphatic heterocycles. The number of H-pyrrole nitrogens is 1. The Balaban J connectivity index is 1.63. The SMILES string of the molecule is CC(C(=O)Nc1ccc(Cl)cn1)N1CCC[C@@H](c2ccc(=O)[nH]c2)C1. The zero-order valence-electron chi connectivity index (χ0n) is 14.0. The topological polar surface area (TPSA) is 78.1 Å². The van der Waals surface area contributed by atoms with Crippen molar-refractivity contribution in [3.05, 3.63) is 57.6 Å². The Morgan fingerprint density at radius 2 is 2.24 bits per heavy atom. The van der Waals surface area contributed by atoms with E-state index < -0.39 is 0 Å². The third-order valence-corrected chi connectivity index (χ3v) is 4.86. The quantitative estimate of drug-likeness (QED) is 0.878. The average molecular weight is 361 g/mol. The number of halogens is 1. The summed E-state index contributed by atoms with van der Waals surface area (Å²) in [7, 11) is 0. The van der Waals surface area contributed by atoms with Crippen molar-refractivity contribution in [3.8, 4) is 0 Å². The van der Waals surface area contributed by atoms with Gasteiger partial charge in [0.15, 0.2) is 0 Å². The molecule has 6 nitrogen and oxygen atoms in total. The minimum absolute atomic E-state index is 0.0862. The molecule has 1 amide bonds. The number of hydrogen-bond acceptors (Lipinski definition) is 4. The first-order valence-corrected chi connectivity index (χ1v) is 8.76. The van der Waals surface area contributed by atoms with Gasteiger partial charge in [-0.3, -0.25) is 14.5 Å². The zero-order valence-corrected chi connectivity index (χ0v) is 14.8. The summed E-state index contributed by atoms with van der Waals surface area (Å²) in [6, 6.07) is 6.54. The van der Waals surface area contributed by atoms with Gasteiger partial charge < -0.3 is 10.3 Å². The molecule has 1 saturated heterocycles. The Bertz CT molecular complexity index is 770. The van der Waals surface area contributed by atoms with Crippen LogP contribution in [-0.2, 0) is 4.79 Å². The summed E-state index contributed by atoms with van der Waals surface area (Å²) in [5.74, 6) is 0.724. The summed E-state index contributed by atoms with van der Waals surface area (Å²) < 4.78 is 0. The number of likely N-dealkylation sites (tertiary alicyclic amines) is 1. The normalized spacial score (nSPS) is 19.4. The van der Waals surface area contributed by atoms with Crippen LogP contribution in [0.3, 0.4) is 0 Å². The lowest BCUT2D eigenvalue weighted by molar-refractivity contribution is -0.121. The number of anilines is 1. The van der Waals surface area contributed by atoms with Crippen molar-refractivity contribution < 1.29 is 4.79 Å². The number of nitrogens with one attached hydrogen (secondary N) is 2. The van der Waals surface area contributed by atoms with Gasteiger partial charge in [-0.1, -0.05) is 17.7 Å². The highest BCUT2D eigenvalue weighted by molar-refractivity contribution is 6.30. The van der Waals surface area contributed by atoms with Gasteiger partial charge in [0, 0.05) is 25.0 Å². The summed E-state index contributed by atoms with van der Waals surface area (Å²) in [5.41, 5.74) is 1.01. The van der Waals surface area contributed by atoms with E-state index in [9.17, 15) is 9.59 Å². The van der Waals surface area contributed by atoms with Crippen LogP contribution < -0.4 is 10.9 Å². The Morgan fingerprint density at radius 1 is 1.40 bits per heavy atom. The lowest BCUT2D eigenvalue weighted by Gasteiger charge is -2.36. The molecule has 3 heterocycles. The maximum atomic E-state index is 12.5. The van der Waals surface area contributed by atoms with E-state index in [2.05, 4.69) is 20.2 Å². The van der Waals surface area contributed by atoms with Crippen molar-refractivity contribution in [1.29, 1.82) is 0 Å². The molecule has 0 radical (unpaired) electrons. The van der Waals surface area contributed by atoms with Gasteiger partial charge in [0.1, 0.15) is 5.82 Å². The maximum Gasteiger partial charge on any atom is 0.247 e. The van der Waals surface area contributed by atoms with E-state index in [0.29, 0.717) is 16.8 Å². The fourth-order valence-corrected chi connectivity index (χ4v) is 3.26. The standard InChI is InChI=1S/C18H21ClN4O2/c1-12(18(25)22-16-6-5-15(19)10-20-16)23-8-2-3-14(11-23)13-4-7-17(24)21-9-13/h4-7,9-10,12,14H,2-3,8,11H2,1H3,(H,21,24)(H,20,22,25)/t12?,14-/m1/s1. The minimum Gasteiger partial charge on any atom is -0.329 e. The molecule has 2 aromatic heterocycles. The van der Waals surface area contributed by atoms with Crippen LogP contribution in [-0.4, -0.2) is 39.9 Å². The molecule has 1 unspecified atom stereocenters. The van der Waals surface area contributed by atoms with Gasteiger partial charge in [0.25, 0.3) is 0 Å². The molecule has 1 aliphatic rings. The van der Waals surface area contributed by atoms with Gasteiger partial charge in [-0.05, 0) is 49.9 Å². The van der Waals surface area contributed by atoms with Crippen LogP contribution in [0.25, 0.3) is 0 Å². The molecule has 0 saturated carbocycles. The monoisotopic (exact) mass is 360 g/mol. The molecule has 2 N–H and O–H groups in total. The molecule has 0 bridgehead atoms. The number of hydrogen-bond donors (Lipinski definition) is 2. The highest BCUT2D eigenvalue weighted by atomic mass is 35.5. The van der Waals surface area contributed by atoms with E-state index in [-0.39, 0.29) is 17.5 Å². The van der Waals surface area contributed by atoms with Crippen molar-refractivity contribution in [2.24, 2.45) is 0 Å². The summed E-state index contributed by atoms with van der Waals surface area (Å²) in [6.45, 7) is 3.57. The maximum absolute atomic E-state index is 12.5. The second-order valence-corrected chi connectivity index (χ2v) is 6.78. The Hall–Kier alpha value is -2.18. The van der Waals surface area contributed by atoms with Gasteiger partial charge in [0.05, 0.1) is 11.1 Å². The summed E-state index contributed by atoms with van der Waals surface area (Å²) in [5, 5.41) is 3.36. The number of carbonyl (C=O) groups is 1. The molecule has 3 rings (SSSR count). The highest BCUT2D eigenvalue weighted by Crippen LogP contribution is 2.27. The average Bonchev–Trinajstić information content (AvgIpc) is 2.63. The smallest absolute Gasteiger partial charge is 0.247 e. The fraction of sp³-hybridized carbons (Fsp3) is 0.389. The molecular formula is C18H21ClN4O2. The molecule has 0 spiro atoms. The van der Waals surface area contributed by atoms with Crippen LogP contribution in [0.15, 0.2) is 41.5 Å². The van der Waals surface area contributed by atoms with Crippen molar-refractivity contribution in [1.82, 2.24) is 14.9 Å². The lowest BCUT2D eigenvalue weighted by Crippen LogP contribution is -2.46. The molecule has 7 heteroatoms. The number of aromatic nitrogens is 2. The zero-order chi connectivity index (χ0) is 17.8. The van der Waals surface area contributed by atoms with E-state index in [1.807, 2.05) is 13.0 Å². The number of nitrogens with zero attached hydrogens (tertiary/aromatic N) is 2. The number of carbonyl (C=O) groups excluding carboxylic acids is 1. The molecule has 2 aromatic rings. The summed E-state index contributed by atoms with van der Waals surface area (Å²) in [6.07, 6.45) is 5.35. The number of pyridine rings is 2. The number of amides is 1. The van der Waals surface area contributed by atoms with Gasteiger partial charge >= 0.3 is 0 Å². The molecular weight excluding hydrogens is 340 g/mol. The summed E-state index contributed by atoms with van der Waals surface area (Å²) in [4.78, 5) is 32.7. The highest BCUT2D eigenvalue weighted by Gasteiger charge is 2.28. The van der Waals surface area contributed by atoms with Gasteiger partial charge in [0.2, 0.25) is 11.5 Å². The molecule has 0 aliphatic carbocycles. The number of piperidine rings is 1. The minimum atomic E-state index is -0.261. The molecule has 2 atom stereocenters. The van der Waals surface area contributed by atoms with Crippen LogP contribution >= 0.6 is 11.6 Å². The molecule has 25 heavy (non-hydrogen) atoms. The van der Waals surface area contributed by atoms with E-state index in [4.69, 9.17) is 11.6 Å². The molecule has 0 aromatic carbocycles. The number of aromatic amines is 1.